The van der Waals surface area contributed by atoms with Gasteiger partial charge in [0.1, 0.15) is 0 Å². The number of aromatic nitrogens is 3. The lowest BCUT2D eigenvalue weighted by Gasteiger charge is -2.16. The Kier molecular flexibility index (Phi) is 8.37. The van der Waals surface area contributed by atoms with E-state index in [0.29, 0.717) is 25.1 Å². The second kappa shape index (κ2) is 10.1. The lowest BCUT2D eigenvalue weighted by molar-refractivity contribution is 0.153. The maximum Gasteiger partial charge on any atom is 0.323 e. The van der Waals surface area contributed by atoms with Crippen LogP contribution in [0.1, 0.15) is 26.7 Å². The molecule has 1 unspecified atom stereocenters. The second-order valence-corrected chi connectivity index (χ2v) is 4.52. The number of ether oxygens (including phenoxy) is 2. The third-order valence-corrected chi connectivity index (χ3v) is 2.50. The molecule has 3 N–H and O–H groups in total. The standard InChI is InChI=1S/C13H25N5O3/c1-4-6-14-11-16-12(15-10(8-19)9-20-3)18-13(17-11)21-7-5-2/h10,19H,4-9H2,1-3H3,(H2,14,15,16,17,18). The van der Waals surface area contributed by atoms with E-state index < -0.39 is 0 Å². The molecule has 8 heteroatoms. The van der Waals surface area contributed by atoms with Crippen LogP contribution in [-0.4, -0.2) is 59.6 Å². The largest absolute Gasteiger partial charge is 0.463 e. The molecule has 0 radical (unpaired) electrons. The molecule has 21 heavy (non-hydrogen) atoms. The van der Waals surface area contributed by atoms with Gasteiger partial charge in [0.25, 0.3) is 0 Å². The van der Waals surface area contributed by atoms with Gasteiger partial charge in [0.15, 0.2) is 0 Å². The summed E-state index contributed by atoms with van der Waals surface area (Å²) < 4.78 is 10.5. The van der Waals surface area contributed by atoms with Crippen molar-refractivity contribution in [3.05, 3.63) is 0 Å². The van der Waals surface area contributed by atoms with Crippen molar-refractivity contribution in [2.75, 3.05) is 44.1 Å². The van der Waals surface area contributed by atoms with Gasteiger partial charge in [-0.3, -0.25) is 0 Å². The van der Waals surface area contributed by atoms with E-state index in [1.54, 1.807) is 7.11 Å². The van der Waals surface area contributed by atoms with Gasteiger partial charge in [0.2, 0.25) is 11.9 Å². The van der Waals surface area contributed by atoms with Crippen LogP contribution in [0.15, 0.2) is 0 Å². The highest BCUT2D eigenvalue weighted by Crippen LogP contribution is 2.12. The van der Waals surface area contributed by atoms with Crippen molar-refractivity contribution in [1.29, 1.82) is 0 Å². The van der Waals surface area contributed by atoms with Gasteiger partial charge in [-0.05, 0) is 12.8 Å². The van der Waals surface area contributed by atoms with E-state index in [1.165, 1.54) is 0 Å². The van der Waals surface area contributed by atoms with Crippen LogP contribution in [0.25, 0.3) is 0 Å². The van der Waals surface area contributed by atoms with Gasteiger partial charge in [-0.1, -0.05) is 13.8 Å². The molecule has 0 aliphatic carbocycles. The highest BCUT2D eigenvalue weighted by Gasteiger charge is 2.12. The van der Waals surface area contributed by atoms with Crippen molar-refractivity contribution in [2.24, 2.45) is 0 Å². The number of hydrogen-bond acceptors (Lipinski definition) is 8. The van der Waals surface area contributed by atoms with Crippen molar-refractivity contribution in [3.8, 4) is 6.01 Å². The van der Waals surface area contributed by atoms with Crippen molar-refractivity contribution in [3.63, 3.8) is 0 Å². The predicted octanol–water partition coefficient (Wildman–Crippen LogP) is 0.901. The molecule has 1 aromatic rings. The Hall–Kier alpha value is -1.67. The van der Waals surface area contributed by atoms with Gasteiger partial charge in [-0.25, -0.2) is 0 Å². The van der Waals surface area contributed by atoms with E-state index >= 15 is 0 Å². The summed E-state index contributed by atoms with van der Waals surface area (Å²) in [7, 11) is 1.57. The minimum absolute atomic E-state index is 0.0810. The van der Waals surface area contributed by atoms with Crippen LogP contribution in [0.3, 0.4) is 0 Å². The van der Waals surface area contributed by atoms with Crippen molar-refractivity contribution >= 4 is 11.9 Å². The smallest absolute Gasteiger partial charge is 0.323 e. The predicted molar refractivity (Wildman–Crippen MR) is 80.8 cm³/mol. The van der Waals surface area contributed by atoms with E-state index in [1.807, 2.05) is 6.92 Å². The van der Waals surface area contributed by atoms with Gasteiger partial charge < -0.3 is 25.2 Å². The number of nitrogens with zero attached hydrogens (tertiary/aromatic N) is 3. The minimum atomic E-state index is -0.282. The summed E-state index contributed by atoms with van der Waals surface area (Å²) in [6.45, 7) is 5.64. The molecule has 1 aromatic heterocycles. The van der Waals surface area contributed by atoms with Gasteiger partial charge in [0, 0.05) is 13.7 Å². The lowest BCUT2D eigenvalue weighted by atomic mass is 10.3. The molecule has 1 heterocycles. The van der Waals surface area contributed by atoms with Gasteiger partial charge in [-0.2, -0.15) is 15.0 Å². The monoisotopic (exact) mass is 299 g/mol. The molecule has 0 fully saturated rings. The third-order valence-electron chi connectivity index (χ3n) is 2.50. The highest BCUT2D eigenvalue weighted by molar-refractivity contribution is 5.36. The first-order chi connectivity index (χ1) is 10.2. The third kappa shape index (κ3) is 6.54. The Balaban J connectivity index is 2.83. The molecule has 0 aliphatic heterocycles. The zero-order chi connectivity index (χ0) is 15.5. The Bertz CT molecular complexity index is 379. The number of anilines is 2. The van der Waals surface area contributed by atoms with E-state index in [0.717, 1.165) is 19.4 Å². The molecule has 0 aliphatic rings. The fraction of sp³-hybridized carbons (Fsp3) is 0.769. The molecule has 0 amide bonds. The number of methoxy groups -OCH3 is 1. The van der Waals surface area contributed by atoms with Crippen molar-refractivity contribution in [2.45, 2.75) is 32.7 Å². The SMILES string of the molecule is CCCNc1nc(NC(CO)COC)nc(OCCC)n1. The summed E-state index contributed by atoms with van der Waals surface area (Å²) in [5, 5.41) is 15.4. The number of hydrogen-bond donors (Lipinski definition) is 3. The van der Waals surface area contributed by atoms with Crippen molar-refractivity contribution < 1.29 is 14.6 Å². The van der Waals surface area contributed by atoms with Gasteiger partial charge in [-0.15, -0.1) is 0 Å². The van der Waals surface area contributed by atoms with Crippen LogP contribution in [0.2, 0.25) is 0 Å². The molecular weight excluding hydrogens is 274 g/mol. The van der Waals surface area contributed by atoms with Gasteiger partial charge >= 0.3 is 6.01 Å². The number of rotatable bonds is 11. The van der Waals surface area contributed by atoms with E-state index in [2.05, 4.69) is 32.5 Å². The maximum absolute atomic E-state index is 9.28. The van der Waals surface area contributed by atoms with Crippen LogP contribution in [0, 0.1) is 0 Å². The number of aliphatic hydroxyl groups is 1. The number of aliphatic hydroxyl groups excluding tert-OH is 1. The van der Waals surface area contributed by atoms with Crippen molar-refractivity contribution in [1.82, 2.24) is 15.0 Å². The number of nitrogens with one attached hydrogen (secondary N) is 2. The first-order valence-electron chi connectivity index (χ1n) is 7.22. The van der Waals surface area contributed by atoms with E-state index in [4.69, 9.17) is 9.47 Å². The second-order valence-electron chi connectivity index (χ2n) is 4.52. The molecule has 0 aromatic carbocycles. The quantitative estimate of drug-likeness (QED) is 0.554. The van der Waals surface area contributed by atoms with Gasteiger partial charge in [0.05, 0.1) is 25.9 Å². The van der Waals surface area contributed by atoms with Crippen LogP contribution >= 0.6 is 0 Å². The van der Waals surface area contributed by atoms with Crippen LogP contribution in [-0.2, 0) is 4.74 Å². The minimum Gasteiger partial charge on any atom is -0.463 e. The average molecular weight is 299 g/mol. The topological polar surface area (TPSA) is 101 Å². The van der Waals surface area contributed by atoms with E-state index in [9.17, 15) is 5.11 Å². The molecule has 1 atom stereocenters. The summed E-state index contributed by atoms with van der Waals surface area (Å²) in [6.07, 6.45) is 1.83. The summed E-state index contributed by atoms with van der Waals surface area (Å²) in [5.74, 6) is 0.806. The van der Waals surface area contributed by atoms with Crippen LogP contribution in [0.5, 0.6) is 6.01 Å². The summed E-state index contributed by atoms with van der Waals surface area (Å²) in [6, 6.07) is -0.0162. The summed E-state index contributed by atoms with van der Waals surface area (Å²) in [4.78, 5) is 12.6. The molecule has 0 saturated heterocycles. The fourth-order valence-electron chi connectivity index (χ4n) is 1.52. The molecule has 0 bridgehead atoms. The Labute approximate surface area is 125 Å². The summed E-state index contributed by atoms with van der Waals surface area (Å²) >= 11 is 0. The molecule has 120 valence electrons. The molecule has 0 saturated carbocycles. The first kappa shape index (κ1) is 17.4. The molecule has 1 rings (SSSR count). The van der Waals surface area contributed by atoms with E-state index in [-0.39, 0.29) is 18.7 Å². The van der Waals surface area contributed by atoms with Crippen LogP contribution < -0.4 is 15.4 Å². The fourth-order valence-corrected chi connectivity index (χ4v) is 1.52. The average Bonchev–Trinajstić information content (AvgIpc) is 2.50. The first-order valence-corrected chi connectivity index (χ1v) is 7.22. The molecular formula is C13H25N5O3. The Morgan fingerprint density at radius 3 is 2.52 bits per heavy atom. The zero-order valence-electron chi connectivity index (χ0n) is 12.9. The van der Waals surface area contributed by atoms with Crippen LogP contribution in [0.4, 0.5) is 11.9 Å². The zero-order valence-corrected chi connectivity index (χ0v) is 12.9. The highest BCUT2D eigenvalue weighted by atomic mass is 16.5. The normalized spacial score (nSPS) is 12.0. The molecule has 8 nitrogen and oxygen atoms in total. The lowest BCUT2D eigenvalue weighted by Crippen LogP contribution is -2.30. The summed E-state index contributed by atoms with van der Waals surface area (Å²) in [5.41, 5.74) is 0. The Morgan fingerprint density at radius 1 is 1.14 bits per heavy atom. The molecule has 0 spiro atoms. The maximum atomic E-state index is 9.28. The Morgan fingerprint density at radius 2 is 1.90 bits per heavy atom.